The van der Waals surface area contributed by atoms with Gasteiger partial charge in [0.15, 0.2) is 11.5 Å². The summed E-state index contributed by atoms with van der Waals surface area (Å²) in [6, 6.07) is 13.6. The summed E-state index contributed by atoms with van der Waals surface area (Å²) < 4.78 is 10.9. The average Bonchev–Trinajstić information content (AvgIpc) is 3.47. The minimum atomic E-state index is -0.538. The van der Waals surface area contributed by atoms with E-state index in [2.05, 4.69) is 15.6 Å². The van der Waals surface area contributed by atoms with Crippen LogP contribution in [0.1, 0.15) is 39.3 Å². The lowest BCUT2D eigenvalue weighted by Crippen LogP contribution is -2.27. The number of hydrogen-bond donors (Lipinski definition) is 2. The summed E-state index contributed by atoms with van der Waals surface area (Å²) in [6.07, 6.45) is 3.33. The third-order valence-corrected chi connectivity index (χ3v) is 6.29. The van der Waals surface area contributed by atoms with Crippen molar-refractivity contribution in [2.75, 3.05) is 17.4 Å². The van der Waals surface area contributed by atoms with Crippen LogP contribution in [0.3, 0.4) is 0 Å². The van der Waals surface area contributed by atoms with Crippen LogP contribution in [-0.2, 0) is 15.0 Å². The van der Waals surface area contributed by atoms with Gasteiger partial charge in [-0.2, -0.15) is 0 Å². The maximum atomic E-state index is 13.3. The number of hydrogen-bond acceptors (Lipinski definition) is 5. The summed E-state index contributed by atoms with van der Waals surface area (Å²) >= 11 is 0. The SMILES string of the molecule is CC(=O)Nc1ncc(-c2cc(NC(=O)C3(c4ccc5c(c4)OCO5)CC3)ccc2C)cc1C.[HH].[HH]. The fourth-order valence-electron chi connectivity index (χ4n) is 4.25. The largest absolute Gasteiger partial charge is 0.454 e. The molecule has 0 atom stereocenters. The van der Waals surface area contributed by atoms with Gasteiger partial charge in [0, 0.05) is 27.2 Å². The molecule has 5 rings (SSSR count). The first kappa shape index (κ1) is 21.0. The van der Waals surface area contributed by atoms with Gasteiger partial charge in [0.25, 0.3) is 0 Å². The molecular formula is C26H29N3O4. The molecule has 1 aromatic heterocycles. The lowest BCUT2D eigenvalue weighted by Gasteiger charge is -2.17. The molecule has 1 fully saturated rings. The molecule has 1 saturated carbocycles. The summed E-state index contributed by atoms with van der Waals surface area (Å²) in [4.78, 5) is 29.1. The number of aromatic nitrogens is 1. The zero-order chi connectivity index (χ0) is 23.2. The highest BCUT2D eigenvalue weighted by Crippen LogP contribution is 2.51. The Morgan fingerprint density at radius 1 is 0.970 bits per heavy atom. The third-order valence-electron chi connectivity index (χ3n) is 6.29. The molecule has 0 saturated heterocycles. The minimum Gasteiger partial charge on any atom is -0.454 e. The molecular weight excluding hydrogens is 418 g/mol. The van der Waals surface area contributed by atoms with E-state index >= 15 is 0 Å². The van der Waals surface area contributed by atoms with E-state index in [4.69, 9.17) is 9.47 Å². The summed E-state index contributed by atoms with van der Waals surface area (Å²) in [6.45, 7) is 5.60. The summed E-state index contributed by atoms with van der Waals surface area (Å²) in [5, 5.41) is 5.85. The second kappa shape index (κ2) is 7.92. The first-order chi connectivity index (χ1) is 15.9. The van der Waals surface area contributed by atoms with Gasteiger partial charge >= 0.3 is 0 Å². The zero-order valence-electron chi connectivity index (χ0n) is 18.8. The van der Waals surface area contributed by atoms with Crippen molar-refractivity contribution < 1.29 is 21.9 Å². The van der Waals surface area contributed by atoms with Gasteiger partial charge in [-0.25, -0.2) is 4.98 Å². The highest BCUT2D eigenvalue weighted by Gasteiger charge is 2.51. The highest BCUT2D eigenvalue weighted by atomic mass is 16.7. The fraction of sp³-hybridized carbons (Fsp3) is 0.269. The van der Waals surface area contributed by atoms with Crippen molar-refractivity contribution in [2.45, 2.75) is 39.0 Å². The summed E-state index contributed by atoms with van der Waals surface area (Å²) in [5.41, 5.74) is 4.98. The molecule has 7 heteroatoms. The van der Waals surface area contributed by atoms with Crippen LogP contribution in [-0.4, -0.2) is 23.6 Å². The van der Waals surface area contributed by atoms with Gasteiger partial charge in [-0.3, -0.25) is 9.59 Å². The molecule has 2 aromatic carbocycles. The van der Waals surface area contributed by atoms with E-state index in [1.807, 2.05) is 56.3 Å². The number of anilines is 2. The van der Waals surface area contributed by atoms with Gasteiger partial charge in [-0.15, -0.1) is 0 Å². The Bertz CT molecular complexity index is 1290. The predicted molar refractivity (Wildman–Crippen MR) is 130 cm³/mol. The summed E-state index contributed by atoms with van der Waals surface area (Å²) in [7, 11) is 0. The zero-order valence-corrected chi connectivity index (χ0v) is 18.8. The monoisotopic (exact) mass is 447 g/mol. The Balaban J connectivity index is 0.00000171. The number of amides is 2. The van der Waals surface area contributed by atoms with Crippen LogP contribution in [0.15, 0.2) is 48.7 Å². The van der Waals surface area contributed by atoms with Crippen LogP contribution >= 0.6 is 0 Å². The van der Waals surface area contributed by atoms with Crippen LogP contribution in [0.25, 0.3) is 11.1 Å². The molecule has 0 unspecified atom stereocenters. The Kier molecular flexibility index (Phi) is 5.04. The van der Waals surface area contributed by atoms with Crippen molar-refractivity contribution in [3.05, 3.63) is 65.4 Å². The number of benzene rings is 2. The van der Waals surface area contributed by atoms with Gasteiger partial charge in [0.2, 0.25) is 18.6 Å². The number of nitrogens with one attached hydrogen (secondary N) is 2. The topological polar surface area (TPSA) is 89.6 Å². The van der Waals surface area contributed by atoms with Crippen LogP contribution in [0.5, 0.6) is 11.5 Å². The molecule has 2 heterocycles. The molecule has 33 heavy (non-hydrogen) atoms. The Morgan fingerprint density at radius 3 is 2.48 bits per heavy atom. The van der Waals surface area contributed by atoms with Gasteiger partial charge in [-0.1, -0.05) is 12.1 Å². The standard InChI is InChI=1S/C26H25N3O4.2H2/c1-15-4-6-20(12-21(15)18-10-16(2)24(27-13-18)28-17(3)30)29-25(31)26(8-9-26)19-5-7-22-23(11-19)33-14-32-22;;/h4-7,10-13H,8-9,14H2,1-3H3,(H,29,31)(H,27,28,30);2*1H. The Hall–Kier alpha value is -3.87. The smallest absolute Gasteiger partial charge is 0.235 e. The summed E-state index contributed by atoms with van der Waals surface area (Å²) in [5.74, 6) is 1.77. The number of carbonyl (C=O) groups excluding carboxylic acids is 2. The number of aryl methyl sites for hydroxylation is 2. The van der Waals surface area contributed by atoms with Crippen molar-refractivity contribution in [3.8, 4) is 22.6 Å². The van der Waals surface area contributed by atoms with E-state index in [1.54, 1.807) is 6.20 Å². The van der Waals surface area contributed by atoms with Crippen LogP contribution in [0.4, 0.5) is 11.5 Å². The third kappa shape index (κ3) is 3.91. The number of nitrogens with zero attached hydrogens (tertiary/aromatic N) is 1. The van der Waals surface area contributed by atoms with E-state index in [1.165, 1.54) is 6.92 Å². The van der Waals surface area contributed by atoms with Crippen LogP contribution in [0.2, 0.25) is 0 Å². The first-order valence-electron chi connectivity index (χ1n) is 10.9. The molecule has 2 aliphatic rings. The second-order valence-electron chi connectivity index (χ2n) is 8.70. The van der Waals surface area contributed by atoms with E-state index in [0.717, 1.165) is 46.3 Å². The maximum absolute atomic E-state index is 13.3. The molecule has 2 N–H and O–H groups in total. The fourth-order valence-corrected chi connectivity index (χ4v) is 4.25. The Labute approximate surface area is 195 Å². The molecule has 0 bridgehead atoms. The van der Waals surface area contributed by atoms with Crippen molar-refractivity contribution >= 4 is 23.3 Å². The van der Waals surface area contributed by atoms with Crippen LogP contribution < -0.4 is 20.1 Å². The number of ether oxygens (including phenoxy) is 2. The molecule has 172 valence electrons. The number of rotatable bonds is 5. The van der Waals surface area contributed by atoms with E-state index in [0.29, 0.717) is 17.3 Å². The molecule has 1 aliphatic carbocycles. The van der Waals surface area contributed by atoms with Gasteiger partial charge in [-0.05, 0) is 79.3 Å². The molecule has 3 aromatic rings. The normalized spacial score (nSPS) is 15.1. The van der Waals surface area contributed by atoms with Crippen molar-refractivity contribution in [1.29, 1.82) is 0 Å². The predicted octanol–water partition coefficient (Wildman–Crippen LogP) is 5.21. The lowest BCUT2D eigenvalue weighted by molar-refractivity contribution is -0.118. The van der Waals surface area contributed by atoms with E-state index in [-0.39, 0.29) is 21.5 Å². The van der Waals surface area contributed by atoms with Gasteiger partial charge in [0.1, 0.15) is 5.82 Å². The van der Waals surface area contributed by atoms with Crippen molar-refractivity contribution in [2.24, 2.45) is 0 Å². The molecule has 2 amide bonds. The average molecular weight is 448 g/mol. The number of fused-ring (bicyclic) bond motifs is 1. The van der Waals surface area contributed by atoms with Crippen molar-refractivity contribution in [3.63, 3.8) is 0 Å². The van der Waals surface area contributed by atoms with Gasteiger partial charge in [0.05, 0.1) is 5.41 Å². The van der Waals surface area contributed by atoms with E-state index < -0.39 is 5.41 Å². The minimum absolute atomic E-state index is 0. The van der Waals surface area contributed by atoms with Crippen molar-refractivity contribution in [1.82, 2.24) is 4.98 Å². The number of pyridine rings is 1. The number of carbonyl (C=O) groups is 2. The molecule has 0 spiro atoms. The quantitative estimate of drug-likeness (QED) is 0.560. The Morgan fingerprint density at radius 2 is 1.76 bits per heavy atom. The highest BCUT2D eigenvalue weighted by molar-refractivity contribution is 6.02. The molecule has 7 nitrogen and oxygen atoms in total. The molecule has 0 radical (unpaired) electrons. The second-order valence-corrected chi connectivity index (χ2v) is 8.70. The molecule has 1 aliphatic heterocycles. The van der Waals surface area contributed by atoms with E-state index in [9.17, 15) is 9.59 Å². The first-order valence-corrected chi connectivity index (χ1v) is 10.9. The van der Waals surface area contributed by atoms with Crippen LogP contribution in [0, 0.1) is 13.8 Å². The van der Waals surface area contributed by atoms with Gasteiger partial charge < -0.3 is 20.1 Å². The maximum Gasteiger partial charge on any atom is 0.235 e. The lowest BCUT2D eigenvalue weighted by atomic mass is 9.94.